The van der Waals surface area contributed by atoms with Crippen molar-refractivity contribution in [2.24, 2.45) is 0 Å². The summed E-state index contributed by atoms with van der Waals surface area (Å²) in [6, 6.07) is 1.65. The fraction of sp³-hybridized carbons (Fsp3) is 0.733. The summed E-state index contributed by atoms with van der Waals surface area (Å²) in [5.74, 6) is 0.171. The van der Waals surface area contributed by atoms with E-state index in [0.29, 0.717) is 24.5 Å². The molecule has 0 unspecified atom stereocenters. The molecule has 1 aromatic heterocycles. The number of aryl methyl sites for hydroxylation is 1. The lowest BCUT2D eigenvalue weighted by atomic mass is 10.3. The maximum atomic E-state index is 11.9. The first-order chi connectivity index (χ1) is 11.8. The molecule has 1 fully saturated rings. The topological polar surface area (TPSA) is 70.8 Å². The summed E-state index contributed by atoms with van der Waals surface area (Å²) in [6.07, 6.45) is -3.71. The van der Waals surface area contributed by atoms with Crippen LogP contribution in [-0.4, -0.2) is 79.5 Å². The number of halogens is 3. The number of aromatic nitrogens is 1. The van der Waals surface area contributed by atoms with E-state index in [1.54, 1.807) is 13.0 Å². The number of ether oxygens (including phenoxy) is 1. The lowest BCUT2D eigenvalue weighted by molar-refractivity contribution is -0.174. The van der Waals surface area contributed by atoms with Gasteiger partial charge in [-0.1, -0.05) is 5.16 Å². The van der Waals surface area contributed by atoms with Crippen LogP contribution in [0.1, 0.15) is 12.1 Å². The van der Waals surface area contributed by atoms with Gasteiger partial charge in [-0.3, -0.25) is 15.0 Å². The second-order valence-corrected chi connectivity index (χ2v) is 6.02. The molecule has 2 rings (SSSR count). The molecule has 142 valence electrons. The first kappa shape index (κ1) is 19.7. The van der Waals surface area contributed by atoms with Crippen molar-refractivity contribution >= 4 is 11.8 Å². The average molecular weight is 364 g/mol. The molecule has 1 saturated heterocycles. The number of carbonyl (C=O) groups is 1. The van der Waals surface area contributed by atoms with Crippen molar-refractivity contribution in [2.45, 2.75) is 19.5 Å². The van der Waals surface area contributed by atoms with Gasteiger partial charge in [-0.2, -0.15) is 13.2 Å². The third-order valence-corrected chi connectivity index (χ3v) is 3.75. The van der Waals surface area contributed by atoms with Gasteiger partial charge >= 0.3 is 6.18 Å². The Bertz CT molecular complexity index is 542. The van der Waals surface area contributed by atoms with Crippen LogP contribution < -0.4 is 5.32 Å². The third-order valence-electron chi connectivity index (χ3n) is 3.75. The highest BCUT2D eigenvalue weighted by Crippen LogP contribution is 2.14. The van der Waals surface area contributed by atoms with Gasteiger partial charge in [0.2, 0.25) is 11.8 Å². The number of hydrogen-bond acceptors (Lipinski definition) is 6. The fourth-order valence-electron chi connectivity index (χ4n) is 2.55. The van der Waals surface area contributed by atoms with Crippen LogP contribution in [0.25, 0.3) is 0 Å². The van der Waals surface area contributed by atoms with Crippen LogP contribution in [0, 0.1) is 6.92 Å². The number of nitrogens with zero attached hydrogens (tertiary/aromatic N) is 3. The molecule has 0 atom stereocenters. The minimum absolute atomic E-state index is 0.0960. The molecular weight excluding hydrogens is 341 g/mol. The normalized spacial score (nSPS) is 17.0. The van der Waals surface area contributed by atoms with Crippen LogP contribution in [0.3, 0.4) is 0 Å². The van der Waals surface area contributed by atoms with Gasteiger partial charge in [0, 0.05) is 45.4 Å². The molecular formula is C15H23F3N4O3. The highest BCUT2D eigenvalue weighted by molar-refractivity contribution is 5.90. The van der Waals surface area contributed by atoms with Crippen molar-refractivity contribution in [2.75, 3.05) is 57.8 Å². The third kappa shape index (κ3) is 7.84. The summed E-state index contributed by atoms with van der Waals surface area (Å²) < 4.78 is 45.3. The summed E-state index contributed by atoms with van der Waals surface area (Å²) in [5.41, 5.74) is 0.697. The molecule has 7 nitrogen and oxygen atoms in total. The molecule has 1 amide bonds. The second-order valence-electron chi connectivity index (χ2n) is 6.02. The number of amides is 1. The van der Waals surface area contributed by atoms with E-state index in [-0.39, 0.29) is 19.1 Å². The van der Waals surface area contributed by atoms with Crippen LogP contribution in [0.5, 0.6) is 0 Å². The average Bonchev–Trinajstić information content (AvgIpc) is 2.92. The van der Waals surface area contributed by atoms with Gasteiger partial charge in [0.1, 0.15) is 6.61 Å². The van der Waals surface area contributed by atoms with E-state index in [2.05, 4.69) is 20.1 Å². The minimum atomic E-state index is -4.27. The van der Waals surface area contributed by atoms with Crippen molar-refractivity contribution < 1.29 is 27.2 Å². The number of rotatable bonds is 8. The zero-order valence-corrected chi connectivity index (χ0v) is 14.1. The van der Waals surface area contributed by atoms with Crippen LogP contribution in [-0.2, 0) is 9.53 Å². The van der Waals surface area contributed by atoms with E-state index in [1.165, 1.54) is 0 Å². The van der Waals surface area contributed by atoms with Gasteiger partial charge in [-0.05, 0) is 13.3 Å². The molecule has 2 heterocycles. The first-order valence-electron chi connectivity index (χ1n) is 8.14. The highest BCUT2D eigenvalue weighted by Gasteiger charge is 2.27. The van der Waals surface area contributed by atoms with Crippen molar-refractivity contribution in [1.29, 1.82) is 0 Å². The largest absolute Gasteiger partial charge is 0.411 e. The number of alkyl halides is 3. The van der Waals surface area contributed by atoms with Crippen LogP contribution in [0.15, 0.2) is 10.6 Å². The van der Waals surface area contributed by atoms with Crippen molar-refractivity contribution in [3.63, 3.8) is 0 Å². The molecule has 1 aromatic rings. The number of carbonyl (C=O) groups excluding carboxylic acids is 1. The Morgan fingerprint density at radius 1 is 1.32 bits per heavy atom. The zero-order chi connectivity index (χ0) is 18.3. The molecule has 10 heteroatoms. The molecule has 1 N–H and O–H groups in total. The lowest BCUT2D eigenvalue weighted by Gasteiger charge is -2.34. The Morgan fingerprint density at radius 2 is 2.00 bits per heavy atom. The molecule has 0 saturated carbocycles. The van der Waals surface area contributed by atoms with E-state index in [9.17, 15) is 18.0 Å². The molecule has 25 heavy (non-hydrogen) atoms. The van der Waals surface area contributed by atoms with E-state index < -0.39 is 12.8 Å². The number of piperazine rings is 1. The lowest BCUT2D eigenvalue weighted by Crippen LogP contribution is -2.48. The Balaban J connectivity index is 1.56. The molecule has 1 aliphatic rings. The van der Waals surface area contributed by atoms with E-state index >= 15 is 0 Å². The van der Waals surface area contributed by atoms with Gasteiger partial charge in [0.25, 0.3) is 0 Å². The predicted octanol–water partition coefficient (Wildman–Crippen LogP) is 1.51. The van der Waals surface area contributed by atoms with Gasteiger partial charge in [-0.25, -0.2) is 0 Å². The Labute approximate surface area is 144 Å². The second kappa shape index (κ2) is 9.16. The van der Waals surface area contributed by atoms with E-state index in [0.717, 1.165) is 26.2 Å². The Morgan fingerprint density at radius 3 is 2.60 bits per heavy atom. The minimum Gasteiger partial charge on any atom is -0.372 e. The zero-order valence-electron chi connectivity index (χ0n) is 14.1. The van der Waals surface area contributed by atoms with Gasteiger partial charge in [0.15, 0.2) is 0 Å². The Kier molecular flexibility index (Phi) is 7.21. The SMILES string of the molecule is Cc1cc(NC(=O)CN2CCN(CCCOCC(F)(F)F)CC2)on1. The Hall–Kier alpha value is -1.65. The summed E-state index contributed by atoms with van der Waals surface area (Å²) >= 11 is 0. The number of nitrogens with one attached hydrogen (secondary N) is 1. The maximum absolute atomic E-state index is 11.9. The summed E-state index contributed by atoms with van der Waals surface area (Å²) in [6.45, 7) is 4.63. The predicted molar refractivity (Wildman–Crippen MR) is 84.2 cm³/mol. The van der Waals surface area contributed by atoms with Crippen molar-refractivity contribution in [1.82, 2.24) is 15.0 Å². The molecule has 0 aromatic carbocycles. The number of hydrogen-bond donors (Lipinski definition) is 1. The first-order valence-corrected chi connectivity index (χ1v) is 8.14. The molecule has 0 aliphatic carbocycles. The quantitative estimate of drug-likeness (QED) is 0.705. The van der Waals surface area contributed by atoms with Gasteiger partial charge in [0.05, 0.1) is 12.2 Å². The molecule has 1 aliphatic heterocycles. The van der Waals surface area contributed by atoms with Gasteiger partial charge < -0.3 is 14.2 Å². The number of anilines is 1. The monoisotopic (exact) mass is 364 g/mol. The smallest absolute Gasteiger partial charge is 0.372 e. The van der Waals surface area contributed by atoms with Crippen LogP contribution in [0.4, 0.5) is 19.1 Å². The summed E-state index contributed by atoms with van der Waals surface area (Å²) in [4.78, 5) is 16.1. The molecule has 0 radical (unpaired) electrons. The molecule has 0 bridgehead atoms. The summed E-state index contributed by atoms with van der Waals surface area (Å²) in [7, 11) is 0. The molecule has 0 spiro atoms. The van der Waals surface area contributed by atoms with E-state index in [1.807, 2.05) is 4.90 Å². The fourth-order valence-corrected chi connectivity index (χ4v) is 2.55. The maximum Gasteiger partial charge on any atom is 0.411 e. The van der Waals surface area contributed by atoms with Gasteiger partial charge in [-0.15, -0.1) is 0 Å². The van der Waals surface area contributed by atoms with Crippen LogP contribution in [0.2, 0.25) is 0 Å². The van der Waals surface area contributed by atoms with Crippen molar-refractivity contribution in [3.8, 4) is 0 Å². The van der Waals surface area contributed by atoms with Crippen LogP contribution >= 0.6 is 0 Å². The highest BCUT2D eigenvalue weighted by atomic mass is 19.4. The standard InChI is InChI=1S/C15H23F3N4O3/c1-12-9-14(25-20-12)19-13(23)10-22-6-4-21(5-7-22)3-2-8-24-11-15(16,17)18/h9H,2-8,10-11H2,1H3,(H,19,23). The van der Waals surface area contributed by atoms with E-state index in [4.69, 9.17) is 4.52 Å². The van der Waals surface area contributed by atoms with Crippen molar-refractivity contribution in [3.05, 3.63) is 11.8 Å². The summed E-state index contributed by atoms with van der Waals surface area (Å²) in [5, 5.41) is 6.35.